The number of benzene rings is 2. The molecule has 2 heterocycles. The van der Waals surface area contributed by atoms with Crippen molar-refractivity contribution in [2.75, 3.05) is 21.3 Å². The van der Waals surface area contributed by atoms with Crippen LogP contribution in [0.3, 0.4) is 0 Å². The van der Waals surface area contributed by atoms with Crippen molar-refractivity contribution in [2.24, 2.45) is 0 Å². The molecule has 7 nitrogen and oxygen atoms in total. The van der Waals surface area contributed by atoms with Crippen LogP contribution in [0, 0.1) is 0 Å². The molecule has 0 amide bonds. The quantitative estimate of drug-likeness (QED) is 0.300. The summed E-state index contributed by atoms with van der Waals surface area (Å²) in [6.45, 7) is 0. The molecule has 0 aliphatic rings. The molecule has 0 radical (unpaired) electrons. The molecule has 4 rings (SSSR count). The molecule has 4 aromatic rings. The van der Waals surface area contributed by atoms with Crippen molar-refractivity contribution in [2.45, 2.75) is 6.10 Å². The smallest absolute Gasteiger partial charge is 0.231 e. The van der Waals surface area contributed by atoms with Crippen molar-refractivity contribution in [1.82, 2.24) is 9.78 Å². The van der Waals surface area contributed by atoms with E-state index in [-0.39, 0.29) is 11.5 Å². The predicted molar refractivity (Wildman–Crippen MR) is 123 cm³/mol. The molecule has 0 fully saturated rings. The highest BCUT2D eigenvalue weighted by molar-refractivity contribution is 9.10. The second kappa shape index (κ2) is 9.42. The molecule has 0 bridgehead atoms. The van der Waals surface area contributed by atoms with E-state index < -0.39 is 6.10 Å². The maximum Gasteiger partial charge on any atom is 0.231 e. The first kappa shape index (κ1) is 21.9. The summed E-state index contributed by atoms with van der Waals surface area (Å²) < 4.78 is 24.6. The van der Waals surface area contributed by atoms with Crippen molar-refractivity contribution in [3.05, 3.63) is 82.8 Å². The van der Waals surface area contributed by atoms with Crippen LogP contribution in [0.15, 0.2) is 75.9 Å². The van der Waals surface area contributed by atoms with Gasteiger partial charge < -0.3 is 18.6 Å². The molecule has 1 unspecified atom stereocenters. The molecular weight excluding hydrogens is 476 g/mol. The minimum Gasteiger partial charge on any atom is -0.495 e. The molecule has 2 aromatic heterocycles. The monoisotopic (exact) mass is 496 g/mol. The van der Waals surface area contributed by atoms with Gasteiger partial charge >= 0.3 is 0 Å². The lowest BCUT2D eigenvalue weighted by Gasteiger charge is -2.14. The third-order valence-corrected chi connectivity index (χ3v) is 5.80. The molecule has 0 spiro atoms. The van der Waals surface area contributed by atoms with Crippen LogP contribution >= 0.6 is 15.9 Å². The second-order valence-electron chi connectivity index (χ2n) is 6.88. The number of halogens is 1. The molecule has 0 aliphatic carbocycles. The van der Waals surface area contributed by atoms with Crippen molar-refractivity contribution < 1.29 is 23.4 Å². The van der Waals surface area contributed by atoms with Crippen molar-refractivity contribution >= 4 is 21.7 Å². The lowest BCUT2D eigenvalue weighted by atomic mass is 10.0. The number of hydrogen-bond acceptors (Lipinski definition) is 6. The summed E-state index contributed by atoms with van der Waals surface area (Å²) in [7, 11) is 4.64. The van der Waals surface area contributed by atoms with Gasteiger partial charge in [0.25, 0.3) is 0 Å². The van der Waals surface area contributed by atoms with E-state index in [2.05, 4.69) is 21.0 Å². The Hall–Kier alpha value is -3.36. The largest absolute Gasteiger partial charge is 0.495 e. The van der Waals surface area contributed by atoms with Gasteiger partial charge in [0.05, 0.1) is 19.9 Å². The standard InChI is InChI=1S/C24H21BrN2O5/c1-29-20-13-16(14-21(30-2)22(20)25)18-9-10-19(32-18)23(28)24(31-3)15-5-7-17(8-6-15)27-12-4-11-26-27/h4-14,24H,1-3H3. The first-order valence-electron chi connectivity index (χ1n) is 9.74. The number of ketones is 1. The van der Waals surface area contributed by atoms with Gasteiger partial charge in [0, 0.05) is 25.1 Å². The van der Waals surface area contributed by atoms with E-state index in [4.69, 9.17) is 18.6 Å². The van der Waals surface area contributed by atoms with Gasteiger partial charge in [0.15, 0.2) is 5.76 Å². The van der Waals surface area contributed by atoms with E-state index >= 15 is 0 Å². The van der Waals surface area contributed by atoms with E-state index in [0.717, 1.165) is 16.8 Å². The van der Waals surface area contributed by atoms with E-state index in [9.17, 15) is 4.79 Å². The highest BCUT2D eigenvalue weighted by Gasteiger charge is 2.25. The maximum absolute atomic E-state index is 13.1. The summed E-state index contributed by atoms with van der Waals surface area (Å²) >= 11 is 3.45. The van der Waals surface area contributed by atoms with E-state index in [1.165, 1.54) is 7.11 Å². The van der Waals surface area contributed by atoms with Gasteiger partial charge in [-0.25, -0.2) is 4.68 Å². The molecule has 164 valence electrons. The molecule has 8 heteroatoms. The Balaban J connectivity index is 1.60. The Bertz CT molecular complexity index is 1190. The first-order chi connectivity index (χ1) is 15.5. The van der Waals surface area contributed by atoms with Crippen molar-refractivity contribution in [1.29, 1.82) is 0 Å². The Morgan fingerprint density at radius 1 is 1.03 bits per heavy atom. The van der Waals surface area contributed by atoms with Gasteiger partial charge in [-0.2, -0.15) is 5.10 Å². The summed E-state index contributed by atoms with van der Waals surface area (Å²) in [5.74, 6) is 1.62. The predicted octanol–water partition coefficient (Wildman–Crippen LogP) is 5.48. The summed E-state index contributed by atoms with van der Waals surface area (Å²) in [6, 6.07) is 16.3. The zero-order valence-electron chi connectivity index (χ0n) is 17.7. The molecule has 0 N–H and O–H groups in total. The van der Waals surface area contributed by atoms with Crippen LogP contribution in [0.5, 0.6) is 11.5 Å². The van der Waals surface area contributed by atoms with Crippen LogP contribution < -0.4 is 9.47 Å². The van der Waals surface area contributed by atoms with Crippen molar-refractivity contribution in [3.8, 4) is 28.5 Å². The fourth-order valence-electron chi connectivity index (χ4n) is 3.38. The summed E-state index contributed by atoms with van der Waals surface area (Å²) in [5, 5.41) is 4.21. The van der Waals surface area contributed by atoms with E-state index in [0.29, 0.717) is 21.7 Å². The molecule has 0 saturated heterocycles. The van der Waals surface area contributed by atoms with Gasteiger partial charge in [-0.3, -0.25) is 4.79 Å². The molecule has 32 heavy (non-hydrogen) atoms. The highest BCUT2D eigenvalue weighted by atomic mass is 79.9. The molecule has 1 atom stereocenters. The number of furan rings is 1. The zero-order chi connectivity index (χ0) is 22.7. The number of carbonyl (C=O) groups excluding carboxylic acids is 1. The lowest BCUT2D eigenvalue weighted by Crippen LogP contribution is -2.14. The Morgan fingerprint density at radius 3 is 2.28 bits per heavy atom. The number of rotatable bonds is 8. The summed E-state index contributed by atoms with van der Waals surface area (Å²) in [6.07, 6.45) is 2.76. The second-order valence-corrected chi connectivity index (χ2v) is 7.67. The third kappa shape index (κ3) is 4.19. The van der Waals surface area contributed by atoms with E-state index in [1.54, 1.807) is 37.2 Å². The number of aromatic nitrogens is 2. The SMILES string of the molecule is COc1cc(-c2ccc(C(=O)C(OC)c3ccc(-n4cccn4)cc3)o2)cc(OC)c1Br. The molecule has 0 saturated carbocycles. The highest BCUT2D eigenvalue weighted by Crippen LogP contribution is 2.39. The average Bonchev–Trinajstić information content (AvgIpc) is 3.53. The minimum atomic E-state index is -0.797. The Kier molecular flexibility index (Phi) is 6.43. The third-order valence-electron chi connectivity index (χ3n) is 5.02. The minimum absolute atomic E-state index is 0.198. The number of ether oxygens (including phenoxy) is 3. The van der Waals surface area contributed by atoms with Crippen LogP contribution in [-0.4, -0.2) is 36.9 Å². The Labute approximate surface area is 193 Å². The van der Waals surface area contributed by atoms with Crippen LogP contribution in [0.25, 0.3) is 17.0 Å². The van der Waals surface area contributed by atoms with Crippen LogP contribution in [0.1, 0.15) is 22.2 Å². The summed E-state index contributed by atoms with van der Waals surface area (Å²) in [5.41, 5.74) is 2.33. The van der Waals surface area contributed by atoms with Gasteiger partial charge in [0.2, 0.25) is 5.78 Å². The fourth-order valence-corrected chi connectivity index (χ4v) is 3.94. The maximum atomic E-state index is 13.1. The first-order valence-corrected chi connectivity index (χ1v) is 10.5. The van der Waals surface area contributed by atoms with Gasteiger partial charge in [-0.1, -0.05) is 12.1 Å². The fraction of sp³-hybridized carbons (Fsp3) is 0.167. The van der Waals surface area contributed by atoms with E-state index in [1.807, 2.05) is 48.7 Å². The normalized spacial score (nSPS) is 11.9. The topological polar surface area (TPSA) is 75.7 Å². The molecule has 2 aromatic carbocycles. The number of carbonyl (C=O) groups is 1. The van der Waals surface area contributed by atoms with Crippen LogP contribution in [-0.2, 0) is 4.74 Å². The zero-order valence-corrected chi connectivity index (χ0v) is 19.3. The van der Waals surface area contributed by atoms with Crippen LogP contribution in [0.4, 0.5) is 0 Å². The van der Waals surface area contributed by atoms with Crippen molar-refractivity contribution in [3.63, 3.8) is 0 Å². The Morgan fingerprint density at radius 2 is 1.72 bits per heavy atom. The van der Waals surface area contributed by atoms with Crippen LogP contribution in [0.2, 0.25) is 0 Å². The van der Waals surface area contributed by atoms with Gasteiger partial charge in [-0.15, -0.1) is 0 Å². The molecule has 0 aliphatic heterocycles. The van der Waals surface area contributed by atoms with Gasteiger partial charge in [-0.05, 0) is 64.0 Å². The number of methoxy groups -OCH3 is 3. The van der Waals surface area contributed by atoms with Gasteiger partial charge in [0.1, 0.15) is 27.8 Å². The average molecular weight is 497 g/mol. The number of nitrogens with zero attached hydrogens (tertiary/aromatic N) is 2. The number of Topliss-reactive ketones (excluding diaryl/α,β-unsaturated/α-hetero) is 1. The lowest BCUT2D eigenvalue weighted by molar-refractivity contribution is 0.0577. The summed E-state index contributed by atoms with van der Waals surface area (Å²) in [4.78, 5) is 13.1. The number of hydrogen-bond donors (Lipinski definition) is 0. The molecular formula is C24H21BrN2O5.